The second kappa shape index (κ2) is 3.70. The molecule has 84 valence electrons. The third-order valence-corrected chi connectivity index (χ3v) is 3.78. The molecular weight excluding hydrogens is 216 g/mol. The molecule has 0 bridgehead atoms. The fourth-order valence-corrected chi connectivity index (χ4v) is 2.79. The van der Waals surface area contributed by atoms with Crippen LogP contribution in [0.2, 0.25) is 0 Å². The van der Waals surface area contributed by atoms with Crippen LogP contribution in [0.25, 0.3) is 0 Å². The summed E-state index contributed by atoms with van der Waals surface area (Å²) in [6, 6.07) is -0.654. The van der Waals surface area contributed by atoms with E-state index in [-0.39, 0.29) is 17.9 Å². The van der Waals surface area contributed by atoms with Crippen LogP contribution in [-0.4, -0.2) is 26.8 Å². The van der Waals surface area contributed by atoms with Gasteiger partial charge in [0.25, 0.3) is 0 Å². The van der Waals surface area contributed by atoms with E-state index in [1.54, 1.807) is 13.0 Å². The van der Waals surface area contributed by atoms with Gasteiger partial charge < -0.3 is 15.6 Å². The van der Waals surface area contributed by atoms with Gasteiger partial charge in [-0.25, -0.2) is 4.21 Å². The summed E-state index contributed by atoms with van der Waals surface area (Å²) in [5, 5.41) is 2.77. The van der Waals surface area contributed by atoms with Crippen molar-refractivity contribution in [2.24, 2.45) is 17.6 Å². The fraction of sp³-hybridized carbons (Fsp3) is 0.667. The summed E-state index contributed by atoms with van der Waals surface area (Å²) in [5.41, 5.74) is 5.43. The standard InChI is InChI=1S/C9H14N2O3S/c1-4(10)9(12)11-7-3-8(15(13)14)6-2-5(6)7/h3-7H,2,10H2,1H3,(H,11,12)(H,13,14)/t4-,5-,6+,7-/m0/s1. The smallest absolute Gasteiger partial charge is 0.237 e. The van der Waals surface area contributed by atoms with Gasteiger partial charge in [-0.2, -0.15) is 0 Å². The Morgan fingerprint density at radius 2 is 2.47 bits per heavy atom. The summed E-state index contributed by atoms with van der Waals surface area (Å²) < 4.78 is 19.9. The van der Waals surface area contributed by atoms with Crippen LogP contribution < -0.4 is 11.1 Å². The van der Waals surface area contributed by atoms with Crippen molar-refractivity contribution in [1.82, 2.24) is 5.32 Å². The zero-order valence-corrected chi connectivity index (χ0v) is 9.16. The molecule has 15 heavy (non-hydrogen) atoms. The number of carbonyl (C=O) groups excluding carboxylic acids is 1. The monoisotopic (exact) mass is 230 g/mol. The number of allylic oxidation sites excluding steroid dienone is 1. The van der Waals surface area contributed by atoms with Crippen LogP contribution in [0.5, 0.6) is 0 Å². The van der Waals surface area contributed by atoms with Crippen LogP contribution in [0.4, 0.5) is 0 Å². The minimum absolute atomic E-state index is 0.111. The van der Waals surface area contributed by atoms with E-state index in [2.05, 4.69) is 5.32 Å². The lowest BCUT2D eigenvalue weighted by Gasteiger charge is -2.13. The van der Waals surface area contributed by atoms with Gasteiger partial charge in [0.1, 0.15) is 0 Å². The number of hydrogen-bond acceptors (Lipinski definition) is 3. The Balaban J connectivity index is 2.02. The predicted molar refractivity (Wildman–Crippen MR) is 56.0 cm³/mol. The number of carbonyl (C=O) groups is 1. The first-order valence-corrected chi connectivity index (χ1v) is 6.00. The molecule has 2 aliphatic rings. The van der Waals surface area contributed by atoms with Crippen molar-refractivity contribution >= 4 is 17.0 Å². The molecule has 0 aromatic heterocycles. The summed E-state index contributed by atoms with van der Waals surface area (Å²) in [4.78, 5) is 11.9. The molecule has 5 atom stereocenters. The van der Waals surface area contributed by atoms with Gasteiger partial charge in [0.15, 0.2) is 11.1 Å². The summed E-state index contributed by atoms with van der Waals surface area (Å²) in [5.74, 6) is 0.278. The quantitative estimate of drug-likeness (QED) is 0.574. The Morgan fingerprint density at radius 1 is 1.80 bits per heavy atom. The molecule has 0 saturated heterocycles. The van der Waals surface area contributed by atoms with Gasteiger partial charge in [0.2, 0.25) is 5.91 Å². The van der Waals surface area contributed by atoms with E-state index in [4.69, 9.17) is 10.3 Å². The van der Waals surface area contributed by atoms with Crippen LogP contribution in [0.3, 0.4) is 0 Å². The lowest BCUT2D eigenvalue weighted by atomic mass is 10.2. The van der Waals surface area contributed by atoms with Gasteiger partial charge >= 0.3 is 0 Å². The second-order valence-corrected chi connectivity index (χ2v) is 5.12. The molecule has 1 amide bonds. The second-order valence-electron chi connectivity index (χ2n) is 4.15. The van der Waals surface area contributed by atoms with E-state index in [0.29, 0.717) is 10.8 Å². The highest BCUT2D eigenvalue weighted by Gasteiger charge is 2.51. The number of fused-ring (bicyclic) bond motifs is 1. The molecule has 0 spiro atoms. The third-order valence-electron chi connectivity index (χ3n) is 2.93. The molecule has 5 nitrogen and oxygen atoms in total. The first-order valence-electron chi connectivity index (χ1n) is 4.89. The summed E-state index contributed by atoms with van der Waals surface area (Å²) >= 11 is -1.90. The zero-order chi connectivity index (χ0) is 11.2. The van der Waals surface area contributed by atoms with E-state index >= 15 is 0 Å². The molecular formula is C9H14N2O3S. The first-order chi connectivity index (χ1) is 7.00. The minimum Gasteiger partial charge on any atom is -0.348 e. The first kappa shape index (κ1) is 10.8. The Kier molecular flexibility index (Phi) is 2.66. The van der Waals surface area contributed by atoms with Crippen molar-refractivity contribution < 1.29 is 13.6 Å². The molecule has 1 fully saturated rings. The van der Waals surface area contributed by atoms with Crippen LogP contribution in [0.1, 0.15) is 13.3 Å². The van der Waals surface area contributed by atoms with E-state index in [9.17, 15) is 9.00 Å². The highest BCUT2D eigenvalue weighted by Crippen LogP contribution is 2.52. The van der Waals surface area contributed by atoms with Gasteiger partial charge in [0.05, 0.1) is 12.1 Å². The largest absolute Gasteiger partial charge is 0.348 e. The van der Waals surface area contributed by atoms with Crippen molar-refractivity contribution in [1.29, 1.82) is 0 Å². The lowest BCUT2D eigenvalue weighted by Crippen LogP contribution is -2.43. The average Bonchev–Trinajstić information content (AvgIpc) is 2.84. The van der Waals surface area contributed by atoms with Gasteiger partial charge in [-0.05, 0) is 31.3 Å². The van der Waals surface area contributed by atoms with Crippen LogP contribution in [-0.2, 0) is 15.9 Å². The average molecular weight is 230 g/mol. The molecule has 0 radical (unpaired) electrons. The number of nitrogens with one attached hydrogen (secondary N) is 1. The summed E-state index contributed by atoms with van der Waals surface area (Å²) in [6.07, 6.45) is 2.58. The summed E-state index contributed by atoms with van der Waals surface area (Å²) in [6.45, 7) is 1.61. The lowest BCUT2D eigenvalue weighted by molar-refractivity contribution is -0.122. The molecule has 2 aliphatic carbocycles. The normalized spacial score (nSPS) is 36.5. The van der Waals surface area contributed by atoms with Crippen molar-refractivity contribution in [2.75, 3.05) is 0 Å². The number of nitrogens with two attached hydrogens (primary N) is 1. The SMILES string of the molecule is C[C@H](N)C(=O)N[C@H]1C=C(S(=O)O)[C@@H]2C[C@H]12. The van der Waals surface area contributed by atoms with E-state index in [0.717, 1.165) is 6.42 Å². The highest BCUT2D eigenvalue weighted by atomic mass is 32.2. The molecule has 0 aliphatic heterocycles. The molecule has 4 N–H and O–H groups in total. The van der Waals surface area contributed by atoms with E-state index in [1.807, 2.05) is 0 Å². The summed E-state index contributed by atoms with van der Waals surface area (Å²) in [7, 11) is 0. The van der Waals surface area contributed by atoms with Gasteiger partial charge in [-0.3, -0.25) is 4.79 Å². The zero-order valence-electron chi connectivity index (χ0n) is 8.34. The third kappa shape index (κ3) is 1.97. The number of amides is 1. The molecule has 6 heteroatoms. The maximum Gasteiger partial charge on any atom is 0.237 e. The Bertz CT molecular complexity index is 353. The maximum atomic E-state index is 11.3. The van der Waals surface area contributed by atoms with Crippen molar-refractivity contribution in [3.63, 3.8) is 0 Å². The predicted octanol–water partition coefficient (Wildman–Crippen LogP) is -0.426. The molecule has 0 aromatic rings. The molecule has 2 rings (SSSR count). The maximum absolute atomic E-state index is 11.3. The molecule has 1 unspecified atom stereocenters. The van der Waals surface area contributed by atoms with Crippen LogP contribution >= 0.6 is 0 Å². The molecule has 0 heterocycles. The fourth-order valence-electron chi connectivity index (χ4n) is 1.99. The molecule has 0 aromatic carbocycles. The Labute approximate surface area is 90.4 Å². The van der Waals surface area contributed by atoms with Gasteiger partial charge in [-0.1, -0.05) is 0 Å². The Hall–Kier alpha value is -0.720. The highest BCUT2D eigenvalue weighted by molar-refractivity contribution is 7.83. The van der Waals surface area contributed by atoms with Gasteiger partial charge in [-0.15, -0.1) is 0 Å². The van der Waals surface area contributed by atoms with Crippen LogP contribution in [0, 0.1) is 11.8 Å². The molecule has 1 saturated carbocycles. The van der Waals surface area contributed by atoms with Gasteiger partial charge in [0, 0.05) is 4.91 Å². The number of hydrogen-bond donors (Lipinski definition) is 3. The topological polar surface area (TPSA) is 92.4 Å². The van der Waals surface area contributed by atoms with E-state index < -0.39 is 17.1 Å². The van der Waals surface area contributed by atoms with Crippen LogP contribution in [0.15, 0.2) is 11.0 Å². The van der Waals surface area contributed by atoms with E-state index in [1.165, 1.54) is 0 Å². The van der Waals surface area contributed by atoms with Crippen molar-refractivity contribution in [3.8, 4) is 0 Å². The number of rotatable bonds is 3. The van der Waals surface area contributed by atoms with Crippen molar-refractivity contribution in [3.05, 3.63) is 11.0 Å². The Morgan fingerprint density at radius 3 is 2.93 bits per heavy atom. The minimum atomic E-state index is -1.90. The van der Waals surface area contributed by atoms with Crippen molar-refractivity contribution in [2.45, 2.75) is 25.4 Å².